The molecular weight excluding hydrogens is 549 g/mol. The number of aryl methyl sites for hydroxylation is 1. The van der Waals surface area contributed by atoms with Gasteiger partial charge in [-0.2, -0.15) is 17.9 Å². The molecule has 0 aliphatic carbocycles. The zero-order valence-corrected chi connectivity index (χ0v) is 22.0. The van der Waals surface area contributed by atoms with Crippen LogP contribution in [0.15, 0.2) is 82.5 Å². The van der Waals surface area contributed by atoms with Gasteiger partial charge in [0.15, 0.2) is 0 Å². The maximum Gasteiger partial charge on any atom is 0.418 e. The molecule has 1 aromatic heterocycles. The zero-order valence-electron chi connectivity index (χ0n) is 21.2. The average molecular weight is 575 g/mol. The number of halogens is 3. The molecule has 4 aromatic rings. The number of hydrogen-bond acceptors (Lipinski definition) is 5. The first-order chi connectivity index (χ1) is 18.9. The van der Waals surface area contributed by atoms with Crippen molar-refractivity contribution < 1.29 is 31.5 Å². The maximum atomic E-state index is 13.6. The SMILES string of the molecule is CCCCc1nn(-c2ccccc2C(F)(F)F)c(=O)n1Cc1ccc(-c2ccccc2S(=O)(=O)NC(=O)O)cc1. The van der Waals surface area contributed by atoms with Crippen molar-refractivity contribution in [2.45, 2.75) is 43.8 Å². The molecule has 13 heteroatoms. The van der Waals surface area contributed by atoms with Crippen molar-refractivity contribution in [2.24, 2.45) is 0 Å². The zero-order chi connectivity index (χ0) is 29.1. The van der Waals surface area contributed by atoms with Crippen molar-refractivity contribution >= 4 is 16.1 Å². The van der Waals surface area contributed by atoms with Gasteiger partial charge in [0, 0.05) is 12.0 Å². The van der Waals surface area contributed by atoms with E-state index in [0.29, 0.717) is 29.8 Å². The van der Waals surface area contributed by atoms with Gasteiger partial charge in [0.25, 0.3) is 10.0 Å². The molecule has 0 unspecified atom stereocenters. The van der Waals surface area contributed by atoms with Crippen LogP contribution in [0.1, 0.15) is 36.7 Å². The summed E-state index contributed by atoms with van der Waals surface area (Å²) in [4.78, 5) is 24.1. The first kappa shape index (κ1) is 28.6. The van der Waals surface area contributed by atoms with Crippen LogP contribution in [0.3, 0.4) is 0 Å². The predicted molar refractivity (Wildman–Crippen MR) is 141 cm³/mol. The number of nitrogens with one attached hydrogen (secondary N) is 1. The number of nitrogens with zero attached hydrogens (tertiary/aromatic N) is 3. The minimum atomic E-state index is -4.68. The number of para-hydroxylation sites is 1. The molecule has 0 saturated heterocycles. The molecule has 0 bridgehead atoms. The number of aromatic nitrogens is 3. The van der Waals surface area contributed by atoms with E-state index in [2.05, 4.69) is 5.10 Å². The topological polar surface area (TPSA) is 123 Å². The molecule has 0 aliphatic rings. The highest BCUT2D eigenvalue weighted by Gasteiger charge is 2.34. The molecular formula is C27H25F3N4O5S. The molecule has 1 heterocycles. The monoisotopic (exact) mass is 574 g/mol. The number of alkyl halides is 3. The number of hydrogen-bond donors (Lipinski definition) is 2. The van der Waals surface area contributed by atoms with Crippen LogP contribution >= 0.6 is 0 Å². The molecule has 3 aromatic carbocycles. The summed E-state index contributed by atoms with van der Waals surface area (Å²) in [5.74, 6) is 0.337. The van der Waals surface area contributed by atoms with Crippen LogP contribution in [-0.4, -0.2) is 34.0 Å². The Labute approximate surface area is 227 Å². The molecule has 9 nitrogen and oxygen atoms in total. The number of carboxylic acid groups (broad SMARTS) is 1. The Kier molecular flexibility index (Phi) is 8.14. The van der Waals surface area contributed by atoms with Crippen LogP contribution in [0, 0.1) is 0 Å². The summed E-state index contributed by atoms with van der Waals surface area (Å²) in [6.07, 6.45) is -4.55. The summed E-state index contributed by atoms with van der Waals surface area (Å²) in [6.45, 7) is 1.97. The normalized spacial score (nSPS) is 11.9. The molecule has 4 rings (SSSR count). The first-order valence-electron chi connectivity index (χ1n) is 12.2. The van der Waals surface area contributed by atoms with E-state index in [1.807, 2.05) is 6.92 Å². The van der Waals surface area contributed by atoms with Crippen molar-refractivity contribution in [3.63, 3.8) is 0 Å². The van der Waals surface area contributed by atoms with Crippen molar-refractivity contribution in [1.82, 2.24) is 19.1 Å². The minimum absolute atomic E-state index is 0.0207. The van der Waals surface area contributed by atoms with Crippen molar-refractivity contribution in [1.29, 1.82) is 0 Å². The van der Waals surface area contributed by atoms with E-state index in [0.717, 1.165) is 17.2 Å². The second kappa shape index (κ2) is 11.4. The lowest BCUT2D eigenvalue weighted by Gasteiger charge is -2.12. The fourth-order valence-electron chi connectivity index (χ4n) is 4.25. The molecule has 0 radical (unpaired) electrons. The van der Waals surface area contributed by atoms with E-state index < -0.39 is 33.5 Å². The molecule has 0 atom stereocenters. The number of benzene rings is 3. The third kappa shape index (κ3) is 6.09. The predicted octanol–water partition coefficient (Wildman–Crippen LogP) is 5.07. The molecule has 0 fully saturated rings. The number of unbranched alkanes of at least 4 members (excludes halogenated alkanes) is 1. The van der Waals surface area contributed by atoms with Gasteiger partial charge in [0.2, 0.25) is 0 Å². The Balaban J connectivity index is 1.71. The van der Waals surface area contributed by atoms with Gasteiger partial charge in [-0.1, -0.05) is 67.9 Å². The summed E-state index contributed by atoms with van der Waals surface area (Å²) in [5.41, 5.74) is -0.693. The fourth-order valence-corrected chi connectivity index (χ4v) is 5.33. The maximum absolute atomic E-state index is 13.6. The van der Waals surface area contributed by atoms with E-state index >= 15 is 0 Å². The van der Waals surface area contributed by atoms with Gasteiger partial charge in [-0.15, -0.1) is 5.10 Å². The van der Waals surface area contributed by atoms with E-state index in [4.69, 9.17) is 5.11 Å². The summed E-state index contributed by atoms with van der Waals surface area (Å²) in [7, 11) is -4.34. The lowest BCUT2D eigenvalue weighted by Crippen LogP contribution is -2.29. The van der Waals surface area contributed by atoms with Gasteiger partial charge in [0.1, 0.15) is 5.82 Å². The summed E-state index contributed by atoms with van der Waals surface area (Å²) in [6, 6.07) is 17.2. The minimum Gasteiger partial charge on any atom is -0.464 e. The van der Waals surface area contributed by atoms with Gasteiger partial charge < -0.3 is 5.11 Å². The van der Waals surface area contributed by atoms with Gasteiger partial charge in [-0.3, -0.25) is 4.57 Å². The lowest BCUT2D eigenvalue weighted by molar-refractivity contribution is -0.137. The standard InChI is InChI=1S/C27H25F3N4O5S/c1-2-3-12-24-31-34(22-10-6-5-9-21(22)27(28,29)30)26(37)33(24)17-18-13-15-19(16-14-18)20-8-4-7-11-23(20)40(38,39)32-25(35)36/h4-11,13-16,32H,2-3,12,17H2,1H3,(H,35,36). The Bertz CT molecular complexity index is 1690. The number of sulfonamides is 1. The second-order valence-corrected chi connectivity index (χ2v) is 10.6. The van der Waals surface area contributed by atoms with Crippen molar-refractivity contribution in [2.75, 3.05) is 0 Å². The number of rotatable bonds is 9. The van der Waals surface area contributed by atoms with Crippen LogP contribution in [-0.2, 0) is 29.2 Å². The molecule has 210 valence electrons. The highest BCUT2D eigenvalue weighted by Crippen LogP contribution is 2.33. The second-order valence-electron chi connectivity index (χ2n) is 8.92. The summed E-state index contributed by atoms with van der Waals surface area (Å²) in [5, 5.41) is 13.2. The largest absolute Gasteiger partial charge is 0.464 e. The highest BCUT2D eigenvalue weighted by molar-refractivity contribution is 7.90. The average Bonchev–Trinajstić information content (AvgIpc) is 3.21. The van der Waals surface area contributed by atoms with E-state index in [-0.39, 0.29) is 22.7 Å². The molecule has 0 aliphatic heterocycles. The Morgan fingerprint density at radius 3 is 2.30 bits per heavy atom. The fraction of sp³-hybridized carbons (Fsp3) is 0.222. The number of amides is 1. The van der Waals surface area contributed by atoms with E-state index in [1.165, 1.54) is 45.7 Å². The first-order valence-corrected chi connectivity index (χ1v) is 13.7. The molecule has 2 N–H and O–H groups in total. The highest BCUT2D eigenvalue weighted by atomic mass is 32.2. The summed E-state index contributed by atoms with van der Waals surface area (Å²) < 4.78 is 69.6. The quantitative estimate of drug-likeness (QED) is 0.288. The van der Waals surface area contributed by atoms with Crippen LogP contribution < -0.4 is 10.4 Å². The van der Waals surface area contributed by atoms with Gasteiger partial charge >= 0.3 is 18.0 Å². The van der Waals surface area contributed by atoms with Crippen LogP contribution in [0.25, 0.3) is 16.8 Å². The van der Waals surface area contributed by atoms with Gasteiger partial charge in [0.05, 0.1) is 22.7 Å². The molecule has 40 heavy (non-hydrogen) atoms. The lowest BCUT2D eigenvalue weighted by atomic mass is 10.0. The van der Waals surface area contributed by atoms with Gasteiger partial charge in [-0.05, 0) is 35.7 Å². The van der Waals surface area contributed by atoms with E-state index in [1.54, 1.807) is 30.3 Å². The van der Waals surface area contributed by atoms with Gasteiger partial charge in [-0.25, -0.2) is 22.7 Å². The third-order valence-corrected chi connectivity index (χ3v) is 7.51. The molecule has 0 saturated carbocycles. The number of carbonyl (C=O) groups is 1. The smallest absolute Gasteiger partial charge is 0.418 e. The van der Waals surface area contributed by atoms with Crippen LogP contribution in [0.4, 0.5) is 18.0 Å². The molecule has 1 amide bonds. The van der Waals surface area contributed by atoms with Crippen molar-refractivity contribution in [3.8, 4) is 16.8 Å². The van der Waals surface area contributed by atoms with E-state index in [9.17, 15) is 31.2 Å². The molecule has 0 spiro atoms. The van der Waals surface area contributed by atoms with Crippen molar-refractivity contribution in [3.05, 3.63) is 100 Å². The Morgan fingerprint density at radius 1 is 1.00 bits per heavy atom. The summed E-state index contributed by atoms with van der Waals surface area (Å²) >= 11 is 0. The van der Waals surface area contributed by atoms with Crippen LogP contribution in [0.2, 0.25) is 0 Å². The Morgan fingerprint density at radius 2 is 1.65 bits per heavy atom. The van der Waals surface area contributed by atoms with Crippen LogP contribution in [0.5, 0.6) is 0 Å². The Hall–Kier alpha value is -4.39. The third-order valence-electron chi connectivity index (χ3n) is 6.13.